The number of carboxylic acids is 1. The van der Waals surface area contributed by atoms with Crippen molar-refractivity contribution in [3.05, 3.63) is 30.1 Å². The monoisotopic (exact) mass is 294 g/mol. The SMILES string of the molecule is CC(=O)N1NC(=NCCC(=O)O)SC1c1cccnc1. The van der Waals surface area contributed by atoms with Crippen LogP contribution in [0.15, 0.2) is 29.5 Å². The Bertz CT molecular complexity index is 535. The largest absolute Gasteiger partial charge is 0.481 e. The van der Waals surface area contributed by atoms with Crippen molar-refractivity contribution in [2.45, 2.75) is 18.7 Å². The molecule has 1 fully saturated rings. The lowest BCUT2D eigenvalue weighted by Crippen LogP contribution is -2.38. The number of aliphatic carboxylic acids is 1. The topological polar surface area (TPSA) is 94.9 Å². The van der Waals surface area contributed by atoms with Crippen LogP contribution in [0.2, 0.25) is 0 Å². The summed E-state index contributed by atoms with van der Waals surface area (Å²) >= 11 is 1.36. The smallest absolute Gasteiger partial charge is 0.305 e. The van der Waals surface area contributed by atoms with Crippen LogP contribution < -0.4 is 5.43 Å². The van der Waals surface area contributed by atoms with Crippen LogP contribution >= 0.6 is 11.8 Å². The fourth-order valence-corrected chi connectivity index (χ4v) is 2.77. The van der Waals surface area contributed by atoms with Crippen molar-refractivity contribution in [3.8, 4) is 0 Å². The molecular weight excluding hydrogens is 280 g/mol. The maximum Gasteiger partial charge on any atom is 0.305 e. The van der Waals surface area contributed by atoms with Crippen LogP contribution in [0.25, 0.3) is 0 Å². The second kappa shape index (κ2) is 6.38. The summed E-state index contributed by atoms with van der Waals surface area (Å²) in [6.45, 7) is 1.63. The summed E-state index contributed by atoms with van der Waals surface area (Å²) in [7, 11) is 0. The fraction of sp³-hybridized carbons (Fsp3) is 0.333. The number of rotatable bonds is 4. The Morgan fingerprint density at radius 2 is 2.40 bits per heavy atom. The number of hydrogen-bond acceptors (Lipinski definition) is 5. The molecule has 8 heteroatoms. The number of carboxylic acid groups (broad SMARTS) is 1. The third-order valence-corrected chi connectivity index (χ3v) is 3.71. The van der Waals surface area contributed by atoms with E-state index in [-0.39, 0.29) is 24.2 Å². The average molecular weight is 294 g/mol. The molecule has 0 spiro atoms. The van der Waals surface area contributed by atoms with Gasteiger partial charge in [-0.2, -0.15) is 0 Å². The first-order valence-corrected chi connectivity index (χ1v) is 6.85. The number of pyridine rings is 1. The van der Waals surface area contributed by atoms with E-state index in [1.165, 1.54) is 23.7 Å². The molecule has 1 aliphatic heterocycles. The Morgan fingerprint density at radius 3 is 3.00 bits per heavy atom. The summed E-state index contributed by atoms with van der Waals surface area (Å²) in [4.78, 5) is 30.3. The predicted molar refractivity (Wildman–Crippen MR) is 74.8 cm³/mol. The minimum absolute atomic E-state index is 0.0383. The van der Waals surface area contributed by atoms with Crippen LogP contribution in [0.3, 0.4) is 0 Å². The van der Waals surface area contributed by atoms with Gasteiger partial charge in [-0.25, -0.2) is 5.01 Å². The van der Waals surface area contributed by atoms with Crippen molar-refractivity contribution in [3.63, 3.8) is 0 Å². The molecule has 1 atom stereocenters. The summed E-state index contributed by atoms with van der Waals surface area (Å²) < 4.78 is 0. The minimum Gasteiger partial charge on any atom is -0.481 e. The van der Waals surface area contributed by atoms with E-state index >= 15 is 0 Å². The maximum absolute atomic E-state index is 11.6. The number of carbonyl (C=O) groups excluding carboxylic acids is 1. The highest BCUT2D eigenvalue weighted by Crippen LogP contribution is 2.36. The molecule has 0 bridgehead atoms. The molecule has 1 aliphatic rings. The fourth-order valence-electron chi connectivity index (χ4n) is 1.66. The van der Waals surface area contributed by atoms with Gasteiger partial charge in [0.1, 0.15) is 5.37 Å². The molecule has 1 aromatic rings. The predicted octanol–water partition coefficient (Wildman–Crippen LogP) is 1.01. The molecule has 7 nitrogen and oxygen atoms in total. The lowest BCUT2D eigenvalue weighted by molar-refractivity contribution is -0.136. The normalized spacial score (nSPS) is 19.9. The molecule has 2 heterocycles. The van der Waals surface area contributed by atoms with Crippen molar-refractivity contribution >= 4 is 28.8 Å². The van der Waals surface area contributed by atoms with Gasteiger partial charge in [-0.05, 0) is 6.07 Å². The number of aliphatic imine (C=N–C) groups is 1. The van der Waals surface area contributed by atoms with Gasteiger partial charge in [0, 0.05) is 24.9 Å². The van der Waals surface area contributed by atoms with E-state index in [1.54, 1.807) is 18.5 Å². The standard InChI is InChI=1S/C12H14N4O3S/c1-8(17)16-11(9-3-2-5-13-7-9)20-12(15-16)14-6-4-10(18)19/h2-3,5,7,11H,4,6H2,1H3,(H,14,15)(H,18,19). The highest BCUT2D eigenvalue weighted by Gasteiger charge is 2.33. The molecule has 1 amide bonds. The van der Waals surface area contributed by atoms with E-state index in [0.717, 1.165) is 5.56 Å². The first kappa shape index (κ1) is 14.3. The summed E-state index contributed by atoms with van der Waals surface area (Å²) in [5.41, 5.74) is 3.77. The van der Waals surface area contributed by atoms with Gasteiger partial charge in [0.15, 0.2) is 5.17 Å². The van der Waals surface area contributed by atoms with E-state index in [2.05, 4.69) is 15.4 Å². The number of amidine groups is 1. The average Bonchev–Trinajstić information content (AvgIpc) is 2.84. The second-order valence-corrected chi connectivity index (χ2v) is 5.16. The van der Waals surface area contributed by atoms with E-state index in [0.29, 0.717) is 5.17 Å². The van der Waals surface area contributed by atoms with Crippen LogP contribution in [0.1, 0.15) is 24.3 Å². The molecule has 0 saturated carbocycles. The van der Waals surface area contributed by atoms with Crippen LogP contribution in [0.5, 0.6) is 0 Å². The Labute approximate surface area is 120 Å². The number of nitrogens with one attached hydrogen (secondary N) is 1. The number of carbonyl (C=O) groups is 2. The number of thioether (sulfide) groups is 1. The van der Waals surface area contributed by atoms with Crippen molar-refractivity contribution in [1.29, 1.82) is 0 Å². The van der Waals surface area contributed by atoms with Gasteiger partial charge in [-0.1, -0.05) is 17.8 Å². The molecule has 0 aliphatic carbocycles. The van der Waals surface area contributed by atoms with E-state index in [1.807, 2.05) is 6.07 Å². The zero-order chi connectivity index (χ0) is 14.5. The molecule has 2 N–H and O–H groups in total. The third kappa shape index (κ3) is 3.47. The Kier molecular flexibility index (Phi) is 4.57. The molecule has 20 heavy (non-hydrogen) atoms. The van der Waals surface area contributed by atoms with Crippen molar-refractivity contribution in [2.24, 2.45) is 4.99 Å². The van der Waals surface area contributed by atoms with Crippen molar-refractivity contribution < 1.29 is 14.7 Å². The lowest BCUT2D eigenvalue weighted by Gasteiger charge is -2.20. The highest BCUT2D eigenvalue weighted by atomic mass is 32.2. The molecule has 106 valence electrons. The molecular formula is C12H14N4O3S. The van der Waals surface area contributed by atoms with Gasteiger partial charge in [0.2, 0.25) is 5.91 Å². The molecule has 0 aromatic carbocycles. The first-order chi connectivity index (χ1) is 9.58. The maximum atomic E-state index is 11.6. The molecule has 1 unspecified atom stereocenters. The van der Waals surface area contributed by atoms with Gasteiger partial charge < -0.3 is 5.11 Å². The summed E-state index contributed by atoms with van der Waals surface area (Å²) in [5.74, 6) is -1.04. The number of hydrogen-bond donors (Lipinski definition) is 2. The Hall–Kier alpha value is -2.09. The van der Waals surface area contributed by atoms with Crippen LogP contribution in [-0.2, 0) is 9.59 Å². The quantitative estimate of drug-likeness (QED) is 0.860. The summed E-state index contributed by atoms with van der Waals surface area (Å²) in [6.07, 6.45) is 3.31. The number of nitrogens with zero attached hydrogens (tertiary/aromatic N) is 3. The highest BCUT2D eigenvalue weighted by molar-refractivity contribution is 8.14. The molecule has 2 rings (SSSR count). The summed E-state index contributed by atoms with van der Waals surface area (Å²) in [6, 6.07) is 3.68. The minimum atomic E-state index is -0.899. The van der Waals surface area contributed by atoms with Gasteiger partial charge in [0.05, 0.1) is 13.0 Å². The Morgan fingerprint density at radius 1 is 1.60 bits per heavy atom. The summed E-state index contributed by atoms with van der Waals surface area (Å²) in [5, 5.41) is 10.3. The lowest BCUT2D eigenvalue weighted by atomic mass is 10.3. The van der Waals surface area contributed by atoms with Crippen molar-refractivity contribution in [1.82, 2.24) is 15.4 Å². The molecule has 0 radical (unpaired) electrons. The zero-order valence-corrected chi connectivity index (χ0v) is 11.6. The van der Waals surface area contributed by atoms with Crippen molar-refractivity contribution in [2.75, 3.05) is 6.54 Å². The van der Waals surface area contributed by atoms with Crippen LogP contribution in [0.4, 0.5) is 0 Å². The van der Waals surface area contributed by atoms with E-state index in [4.69, 9.17) is 5.11 Å². The molecule has 1 saturated heterocycles. The van der Waals surface area contributed by atoms with Gasteiger partial charge >= 0.3 is 5.97 Å². The number of hydrazine groups is 1. The van der Waals surface area contributed by atoms with Gasteiger partial charge in [-0.3, -0.25) is 25.0 Å². The van der Waals surface area contributed by atoms with Gasteiger partial charge in [-0.15, -0.1) is 0 Å². The second-order valence-electron chi connectivity index (χ2n) is 4.09. The number of aromatic nitrogens is 1. The zero-order valence-electron chi connectivity index (χ0n) is 10.8. The molecule has 1 aromatic heterocycles. The first-order valence-electron chi connectivity index (χ1n) is 5.97. The Balaban J connectivity index is 2.12. The van der Waals surface area contributed by atoms with E-state index < -0.39 is 5.97 Å². The van der Waals surface area contributed by atoms with E-state index in [9.17, 15) is 9.59 Å². The van der Waals surface area contributed by atoms with Crippen LogP contribution in [-0.4, -0.2) is 38.7 Å². The third-order valence-electron chi connectivity index (χ3n) is 2.56. The number of amides is 1. The van der Waals surface area contributed by atoms with Gasteiger partial charge in [0.25, 0.3) is 0 Å². The van der Waals surface area contributed by atoms with Crippen LogP contribution in [0, 0.1) is 0 Å².